The Morgan fingerprint density at radius 3 is 2.82 bits per heavy atom. The van der Waals surface area contributed by atoms with Crippen LogP contribution in [0.5, 0.6) is 0 Å². The number of hydrogen-bond donors (Lipinski definition) is 2. The van der Waals surface area contributed by atoms with E-state index >= 15 is 0 Å². The van der Waals surface area contributed by atoms with Crippen molar-refractivity contribution in [1.82, 2.24) is 10.6 Å². The van der Waals surface area contributed by atoms with Crippen LogP contribution in [-0.4, -0.2) is 18.5 Å². The van der Waals surface area contributed by atoms with Crippen LogP contribution < -0.4 is 10.6 Å². The highest BCUT2D eigenvalue weighted by Crippen LogP contribution is 2.02. The monoisotopic (exact) mass is 218 g/mol. The predicted octanol–water partition coefficient (Wildman–Crippen LogP) is 0.351. The molecule has 0 spiro atoms. The zero-order chi connectivity index (χ0) is 8.27. The highest BCUT2D eigenvalue weighted by Gasteiger charge is 2.23. The van der Waals surface area contributed by atoms with Gasteiger partial charge in [0, 0.05) is 6.54 Å². The summed E-state index contributed by atoms with van der Waals surface area (Å²) in [6.45, 7) is 0.368. The summed E-state index contributed by atoms with van der Waals surface area (Å²) in [7, 11) is 0. The molecule has 1 heterocycles. The van der Waals surface area contributed by atoms with Crippen LogP contribution in [0.3, 0.4) is 0 Å². The SMILES string of the molecule is O=C1NCC(/C=C/Br)C(=O)N1. The van der Waals surface area contributed by atoms with Crippen molar-refractivity contribution in [1.29, 1.82) is 0 Å². The second-order valence-electron chi connectivity index (χ2n) is 2.12. The summed E-state index contributed by atoms with van der Waals surface area (Å²) in [5.41, 5.74) is 0. The molecule has 1 unspecified atom stereocenters. The third-order valence-electron chi connectivity index (χ3n) is 1.36. The smallest absolute Gasteiger partial charge is 0.321 e. The van der Waals surface area contributed by atoms with Crippen molar-refractivity contribution in [2.24, 2.45) is 5.92 Å². The normalized spacial score (nSPS) is 25.0. The highest BCUT2D eigenvalue weighted by atomic mass is 79.9. The first-order valence-corrected chi connectivity index (χ1v) is 4.01. The Balaban J connectivity index is 2.57. The Hall–Kier alpha value is -0.840. The van der Waals surface area contributed by atoms with Gasteiger partial charge in [-0.2, -0.15) is 0 Å². The zero-order valence-electron chi connectivity index (χ0n) is 5.63. The van der Waals surface area contributed by atoms with Crippen molar-refractivity contribution in [3.8, 4) is 0 Å². The number of rotatable bonds is 1. The van der Waals surface area contributed by atoms with E-state index in [1.54, 1.807) is 11.1 Å². The Kier molecular flexibility index (Phi) is 2.64. The summed E-state index contributed by atoms with van der Waals surface area (Å²) in [5.74, 6) is -0.517. The molecular formula is C6H7BrN2O2. The van der Waals surface area contributed by atoms with E-state index in [2.05, 4.69) is 26.6 Å². The first-order valence-electron chi connectivity index (χ1n) is 3.09. The molecule has 0 radical (unpaired) electrons. The molecule has 1 aliphatic heterocycles. The number of urea groups is 1. The van der Waals surface area contributed by atoms with Crippen LogP contribution in [0.4, 0.5) is 4.79 Å². The Morgan fingerprint density at radius 2 is 2.27 bits per heavy atom. The molecule has 1 rings (SSSR count). The van der Waals surface area contributed by atoms with E-state index in [-0.39, 0.29) is 11.8 Å². The van der Waals surface area contributed by atoms with Gasteiger partial charge in [-0.05, 0) is 4.99 Å². The van der Waals surface area contributed by atoms with Gasteiger partial charge in [-0.15, -0.1) is 0 Å². The number of amides is 3. The lowest BCUT2D eigenvalue weighted by Gasteiger charge is -2.18. The topological polar surface area (TPSA) is 58.2 Å². The number of carbonyl (C=O) groups is 2. The minimum atomic E-state index is -0.422. The van der Waals surface area contributed by atoms with Crippen LogP contribution in [0.15, 0.2) is 11.1 Å². The Bertz CT molecular complexity index is 215. The fraction of sp³-hybridized carbons (Fsp3) is 0.333. The zero-order valence-corrected chi connectivity index (χ0v) is 7.22. The van der Waals surface area contributed by atoms with Crippen molar-refractivity contribution < 1.29 is 9.59 Å². The van der Waals surface area contributed by atoms with E-state index in [0.717, 1.165) is 0 Å². The number of hydrogen-bond acceptors (Lipinski definition) is 2. The molecule has 60 valence electrons. The molecule has 0 aromatic rings. The number of carbonyl (C=O) groups excluding carboxylic acids is 2. The average Bonchev–Trinajstić information content (AvgIpc) is 1.95. The predicted molar refractivity (Wildman–Crippen MR) is 43.1 cm³/mol. The summed E-state index contributed by atoms with van der Waals surface area (Å²) in [6, 6.07) is -0.422. The summed E-state index contributed by atoms with van der Waals surface area (Å²) in [5, 5.41) is 4.66. The lowest BCUT2D eigenvalue weighted by molar-refractivity contribution is -0.123. The molecule has 11 heavy (non-hydrogen) atoms. The van der Waals surface area contributed by atoms with E-state index in [9.17, 15) is 9.59 Å². The Labute approximate surface area is 72.2 Å². The van der Waals surface area contributed by atoms with Gasteiger partial charge in [0.15, 0.2) is 0 Å². The summed E-state index contributed by atoms with van der Waals surface area (Å²) in [6.07, 6.45) is 1.68. The molecule has 0 saturated carbocycles. The minimum Gasteiger partial charge on any atom is -0.337 e. The van der Waals surface area contributed by atoms with E-state index < -0.39 is 6.03 Å². The first-order chi connectivity index (χ1) is 5.24. The summed E-state index contributed by atoms with van der Waals surface area (Å²) < 4.78 is 0. The van der Waals surface area contributed by atoms with E-state index in [1.165, 1.54) is 0 Å². The van der Waals surface area contributed by atoms with Gasteiger partial charge in [-0.3, -0.25) is 10.1 Å². The van der Waals surface area contributed by atoms with Gasteiger partial charge in [-0.25, -0.2) is 4.79 Å². The fourth-order valence-corrected chi connectivity index (χ4v) is 1.16. The number of imide groups is 1. The quantitative estimate of drug-likeness (QED) is 0.668. The summed E-state index contributed by atoms with van der Waals surface area (Å²) >= 11 is 3.05. The van der Waals surface area contributed by atoms with E-state index in [4.69, 9.17) is 0 Å². The molecule has 0 aromatic heterocycles. The molecule has 0 bridgehead atoms. The van der Waals surface area contributed by atoms with Gasteiger partial charge in [0.25, 0.3) is 0 Å². The third-order valence-corrected chi connectivity index (χ3v) is 1.67. The maximum Gasteiger partial charge on any atom is 0.321 e. The number of halogens is 1. The van der Waals surface area contributed by atoms with Crippen molar-refractivity contribution in [2.45, 2.75) is 0 Å². The summed E-state index contributed by atoms with van der Waals surface area (Å²) in [4.78, 5) is 23.1. The van der Waals surface area contributed by atoms with Crippen molar-refractivity contribution >= 4 is 27.9 Å². The van der Waals surface area contributed by atoms with Gasteiger partial charge in [-0.1, -0.05) is 22.0 Å². The standard InChI is InChI=1S/C6H7BrN2O2/c7-2-1-4-3-8-6(11)9-5(4)10/h1-2,4H,3H2,(H2,8,9,10,11)/b2-1+. The fourth-order valence-electron chi connectivity index (χ4n) is 0.787. The largest absolute Gasteiger partial charge is 0.337 e. The molecule has 1 fully saturated rings. The molecule has 0 aliphatic carbocycles. The van der Waals surface area contributed by atoms with Gasteiger partial charge in [0.05, 0.1) is 5.92 Å². The molecule has 1 atom stereocenters. The Morgan fingerprint density at radius 1 is 1.55 bits per heavy atom. The van der Waals surface area contributed by atoms with Crippen molar-refractivity contribution in [3.05, 3.63) is 11.1 Å². The molecule has 3 amide bonds. The maximum absolute atomic E-state index is 11.0. The van der Waals surface area contributed by atoms with E-state index in [1.807, 2.05) is 0 Å². The molecule has 0 aromatic carbocycles. The van der Waals surface area contributed by atoms with Crippen LogP contribution >= 0.6 is 15.9 Å². The van der Waals surface area contributed by atoms with Crippen LogP contribution in [0.25, 0.3) is 0 Å². The second-order valence-corrected chi connectivity index (χ2v) is 2.65. The van der Waals surface area contributed by atoms with Crippen LogP contribution in [0.1, 0.15) is 0 Å². The van der Waals surface area contributed by atoms with Gasteiger partial charge in [0.2, 0.25) is 5.91 Å². The number of nitrogens with one attached hydrogen (secondary N) is 2. The highest BCUT2D eigenvalue weighted by molar-refractivity contribution is 9.11. The van der Waals surface area contributed by atoms with E-state index in [0.29, 0.717) is 6.54 Å². The van der Waals surface area contributed by atoms with Gasteiger partial charge >= 0.3 is 6.03 Å². The second kappa shape index (κ2) is 3.52. The average molecular weight is 219 g/mol. The third kappa shape index (κ3) is 2.04. The molecule has 1 aliphatic rings. The minimum absolute atomic E-state index is 0.257. The van der Waals surface area contributed by atoms with Crippen molar-refractivity contribution in [3.63, 3.8) is 0 Å². The van der Waals surface area contributed by atoms with Gasteiger partial charge in [0.1, 0.15) is 0 Å². The molecular weight excluding hydrogens is 212 g/mol. The van der Waals surface area contributed by atoms with Gasteiger partial charge < -0.3 is 5.32 Å². The molecule has 5 heteroatoms. The molecule has 1 saturated heterocycles. The maximum atomic E-state index is 11.0. The van der Waals surface area contributed by atoms with Crippen molar-refractivity contribution in [2.75, 3.05) is 6.54 Å². The van der Waals surface area contributed by atoms with Crippen LogP contribution in [0.2, 0.25) is 0 Å². The first kappa shape index (κ1) is 8.26. The van der Waals surface area contributed by atoms with Crippen LogP contribution in [0, 0.1) is 5.92 Å². The lowest BCUT2D eigenvalue weighted by Crippen LogP contribution is -2.51. The molecule has 4 nitrogen and oxygen atoms in total. The molecule has 2 N–H and O–H groups in total. The van der Waals surface area contributed by atoms with Crippen LogP contribution in [-0.2, 0) is 4.79 Å². The lowest BCUT2D eigenvalue weighted by atomic mass is 10.1.